The van der Waals surface area contributed by atoms with Crippen molar-refractivity contribution in [2.75, 3.05) is 12.4 Å². The minimum atomic E-state index is -0.537. The Morgan fingerprint density at radius 2 is 2.05 bits per heavy atom. The van der Waals surface area contributed by atoms with Crippen LogP contribution < -0.4 is 10.1 Å². The Balaban J connectivity index is 2.82. The summed E-state index contributed by atoms with van der Waals surface area (Å²) in [5, 5.41) is 2.47. The molecular formula is C14H18N2O4. The number of esters is 1. The molecule has 20 heavy (non-hydrogen) atoms. The van der Waals surface area contributed by atoms with Crippen LogP contribution in [0.5, 0.6) is 5.88 Å². The number of rotatable bonds is 5. The number of hydrogen-bond donors (Lipinski definition) is 1. The van der Waals surface area contributed by atoms with Gasteiger partial charge in [0.2, 0.25) is 12.3 Å². The number of anilines is 1. The van der Waals surface area contributed by atoms with Crippen LogP contribution in [-0.2, 0) is 14.3 Å². The van der Waals surface area contributed by atoms with Crippen molar-refractivity contribution in [3.8, 4) is 5.88 Å². The second kappa shape index (κ2) is 6.70. The molecule has 0 saturated carbocycles. The topological polar surface area (TPSA) is 77.5 Å². The zero-order valence-electron chi connectivity index (χ0n) is 12.0. The number of hydrogen-bond acceptors (Lipinski definition) is 5. The first-order valence-corrected chi connectivity index (χ1v) is 6.02. The predicted octanol–water partition coefficient (Wildman–Crippen LogP) is 2.01. The summed E-state index contributed by atoms with van der Waals surface area (Å²) in [7, 11) is 1.44. The van der Waals surface area contributed by atoms with Gasteiger partial charge in [0, 0.05) is 6.08 Å². The second-order valence-corrected chi connectivity index (χ2v) is 4.92. The summed E-state index contributed by atoms with van der Waals surface area (Å²) in [6.07, 6.45) is 3.34. The Morgan fingerprint density at radius 1 is 1.35 bits per heavy atom. The standard InChI is InChI=1S/C14H18N2O4/c1-14(2,3)20-12(18)8-6-10-5-7-11(15-9-17)13(16-10)19-4/h5-9H,1-4H3,(H,15,17)/b8-6+. The lowest BCUT2D eigenvalue weighted by Crippen LogP contribution is -2.22. The number of ether oxygens (including phenoxy) is 2. The number of nitrogens with one attached hydrogen (secondary N) is 1. The van der Waals surface area contributed by atoms with Gasteiger partial charge in [0.1, 0.15) is 11.3 Å². The van der Waals surface area contributed by atoms with E-state index in [1.807, 2.05) is 0 Å². The van der Waals surface area contributed by atoms with E-state index in [1.165, 1.54) is 19.3 Å². The van der Waals surface area contributed by atoms with E-state index in [-0.39, 0.29) is 5.88 Å². The fourth-order valence-electron chi connectivity index (χ4n) is 1.37. The van der Waals surface area contributed by atoms with Crippen LogP contribution in [0.4, 0.5) is 5.69 Å². The average Bonchev–Trinajstić information content (AvgIpc) is 2.36. The highest BCUT2D eigenvalue weighted by atomic mass is 16.6. The number of amides is 1. The lowest BCUT2D eigenvalue weighted by atomic mass is 10.2. The van der Waals surface area contributed by atoms with Crippen LogP contribution >= 0.6 is 0 Å². The Bertz CT molecular complexity index is 518. The van der Waals surface area contributed by atoms with Crippen molar-refractivity contribution in [2.45, 2.75) is 26.4 Å². The van der Waals surface area contributed by atoms with E-state index in [4.69, 9.17) is 9.47 Å². The smallest absolute Gasteiger partial charge is 0.331 e. The molecule has 1 heterocycles. The largest absolute Gasteiger partial charge is 0.479 e. The van der Waals surface area contributed by atoms with Crippen molar-refractivity contribution in [2.24, 2.45) is 0 Å². The van der Waals surface area contributed by atoms with Gasteiger partial charge in [-0.2, -0.15) is 0 Å². The number of aromatic nitrogens is 1. The maximum absolute atomic E-state index is 11.5. The number of methoxy groups -OCH3 is 1. The molecule has 6 heteroatoms. The summed E-state index contributed by atoms with van der Waals surface area (Å²) in [5.74, 6) is -0.184. The predicted molar refractivity (Wildman–Crippen MR) is 75.4 cm³/mol. The van der Waals surface area contributed by atoms with E-state index in [0.717, 1.165) is 0 Å². The van der Waals surface area contributed by atoms with Gasteiger partial charge in [-0.15, -0.1) is 0 Å². The summed E-state index contributed by atoms with van der Waals surface area (Å²) in [6, 6.07) is 3.28. The van der Waals surface area contributed by atoms with Crippen molar-refractivity contribution in [1.82, 2.24) is 4.98 Å². The van der Waals surface area contributed by atoms with E-state index < -0.39 is 11.6 Å². The first kappa shape index (κ1) is 15.7. The first-order chi connectivity index (χ1) is 9.35. The molecule has 0 aliphatic carbocycles. The average molecular weight is 278 g/mol. The lowest BCUT2D eigenvalue weighted by Gasteiger charge is -2.17. The third-order valence-electron chi connectivity index (χ3n) is 2.09. The van der Waals surface area contributed by atoms with E-state index in [1.54, 1.807) is 32.9 Å². The van der Waals surface area contributed by atoms with Crippen molar-refractivity contribution < 1.29 is 19.1 Å². The maximum Gasteiger partial charge on any atom is 0.331 e. The molecular weight excluding hydrogens is 260 g/mol. The minimum Gasteiger partial charge on any atom is -0.479 e. The van der Waals surface area contributed by atoms with Crippen LogP contribution in [0.15, 0.2) is 18.2 Å². The van der Waals surface area contributed by atoms with Crippen LogP contribution in [0.2, 0.25) is 0 Å². The van der Waals surface area contributed by atoms with Gasteiger partial charge in [-0.3, -0.25) is 4.79 Å². The molecule has 0 aliphatic rings. The quantitative estimate of drug-likeness (QED) is 0.506. The fraction of sp³-hybridized carbons (Fsp3) is 0.357. The molecule has 0 aliphatic heterocycles. The molecule has 0 radical (unpaired) electrons. The normalized spacial score (nSPS) is 11.2. The van der Waals surface area contributed by atoms with Crippen LogP contribution in [0.25, 0.3) is 6.08 Å². The van der Waals surface area contributed by atoms with Crippen LogP contribution in [0.3, 0.4) is 0 Å². The van der Waals surface area contributed by atoms with Crippen LogP contribution in [-0.4, -0.2) is 30.1 Å². The summed E-state index contributed by atoms with van der Waals surface area (Å²) in [5.41, 5.74) is 0.436. The summed E-state index contributed by atoms with van der Waals surface area (Å²) < 4.78 is 10.2. The van der Waals surface area contributed by atoms with Crippen LogP contribution in [0, 0.1) is 0 Å². The highest BCUT2D eigenvalue weighted by Gasteiger charge is 2.14. The maximum atomic E-state index is 11.5. The summed E-state index contributed by atoms with van der Waals surface area (Å²) in [4.78, 5) is 26.1. The molecule has 1 amide bonds. The second-order valence-electron chi connectivity index (χ2n) is 4.92. The lowest BCUT2D eigenvalue weighted by molar-refractivity contribution is -0.148. The number of carbonyl (C=O) groups excluding carboxylic acids is 2. The first-order valence-electron chi connectivity index (χ1n) is 6.02. The number of pyridine rings is 1. The summed E-state index contributed by atoms with van der Waals surface area (Å²) in [6.45, 7) is 5.37. The Hall–Kier alpha value is -2.37. The van der Waals surface area contributed by atoms with Gasteiger partial charge in [0.25, 0.3) is 0 Å². The fourth-order valence-corrected chi connectivity index (χ4v) is 1.37. The molecule has 0 aromatic carbocycles. The molecule has 0 atom stereocenters. The van der Waals surface area contributed by atoms with E-state index in [2.05, 4.69) is 10.3 Å². The zero-order chi connectivity index (χ0) is 15.2. The SMILES string of the molecule is COc1nc(/C=C/C(=O)OC(C)(C)C)ccc1NC=O. The van der Waals surface area contributed by atoms with Gasteiger partial charge in [-0.25, -0.2) is 9.78 Å². The van der Waals surface area contributed by atoms with E-state index in [0.29, 0.717) is 17.8 Å². The Labute approximate surface area is 117 Å². The summed E-state index contributed by atoms with van der Waals surface area (Å²) >= 11 is 0. The Morgan fingerprint density at radius 3 is 2.60 bits per heavy atom. The zero-order valence-corrected chi connectivity index (χ0v) is 12.0. The molecule has 1 aromatic rings. The third kappa shape index (κ3) is 5.09. The molecule has 6 nitrogen and oxygen atoms in total. The van der Waals surface area contributed by atoms with Crippen molar-refractivity contribution in [1.29, 1.82) is 0 Å². The van der Waals surface area contributed by atoms with Gasteiger partial charge < -0.3 is 14.8 Å². The molecule has 0 bridgehead atoms. The molecule has 0 fully saturated rings. The van der Waals surface area contributed by atoms with E-state index in [9.17, 15) is 9.59 Å². The van der Waals surface area contributed by atoms with Gasteiger partial charge in [0.15, 0.2) is 0 Å². The highest BCUT2D eigenvalue weighted by Crippen LogP contribution is 2.21. The molecule has 1 N–H and O–H groups in total. The van der Waals surface area contributed by atoms with Gasteiger partial charge >= 0.3 is 5.97 Å². The van der Waals surface area contributed by atoms with Crippen molar-refractivity contribution in [3.05, 3.63) is 23.9 Å². The molecule has 1 rings (SSSR count). The molecule has 0 unspecified atom stereocenters. The molecule has 108 valence electrons. The van der Waals surface area contributed by atoms with Gasteiger partial charge in [-0.1, -0.05) is 0 Å². The minimum absolute atomic E-state index is 0.267. The Kier molecular flexibility index (Phi) is 5.25. The third-order valence-corrected chi connectivity index (χ3v) is 2.09. The van der Waals surface area contributed by atoms with E-state index >= 15 is 0 Å². The van der Waals surface area contributed by atoms with Crippen LogP contribution in [0.1, 0.15) is 26.5 Å². The van der Waals surface area contributed by atoms with Crippen molar-refractivity contribution in [3.63, 3.8) is 0 Å². The number of carbonyl (C=O) groups is 2. The number of nitrogens with zero attached hydrogens (tertiary/aromatic N) is 1. The monoisotopic (exact) mass is 278 g/mol. The highest BCUT2D eigenvalue weighted by molar-refractivity contribution is 5.87. The van der Waals surface area contributed by atoms with Gasteiger partial charge in [0.05, 0.1) is 12.8 Å². The molecule has 0 saturated heterocycles. The molecule has 0 spiro atoms. The van der Waals surface area contributed by atoms with Gasteiger partial charge in [-0.05, 0) is 39.0 Å². The van der Waals surface area contributed by atoms with Crippen molar-refractivity contribution >= 4 is 24.1 Å². The molecule has 1 aromatic heterocycles.